The van der Waals surface area contributed by atoms with Crippen molar-refractivity contribution in [3.63, 3.8) is 0 Å². The van der Waals surface area contributed by atoms with Crippen LogP contribution >= 0.6 is 0 Å². The molecule has 1 aromatic heterocycles. The van der Waals surface area contributed by atoms with Gasteiger partial charge < -0.3 is 4.98 Å². The van der Waals surface area contributed by atoms with Gasteiger partial charge in [-0.25, -0.2) is 13.1 Å². The molecule has 0 atom stereocenters. The van der Waals surface area contributed by atoms with E-state index >= 15 is 0 Å². The van der Waals surface area contributed by atoms with Gasteiger partial charge in [0.25, 0.3) is 0 Å². The molecule has 0 aliphatic carbocycles. The molecule has 1 heterocycles. The Balaban J connectivity index is 1.54. The normalized spacial score (nSPS) is 11.7. The molecule has 4 nitrogen and oxygen atoms in total. The van der Waals surface area contributed by atoms with E-state index in [9.17, 15) is 8.42 Å². The molecule has 3 aromatic carbocycles. The Labute approximate surface area is 152 Å². The Bertz CT molecular complexity index is 1130. The van der Waals surface area contributed by atoms with E-state index in [2.05, 4.69) is 9.71 Å². The van der Waals surface area contributed by atoms with Gasteiger partial charge in [-0.3, -0.25) is 0 Å². The van der Waals surface area contributed by atoms with Crippen molar-refractivity contribution in [3.05, 3.63) is 90.6 Å². The Morgan fingerprint density at radius 2 is 1.50 bits per heavy atom. The van der Waals surface area contributed by atoms with Crippen LogP contribution in [-0.2, 0) is 16.6 Å². The zero-order chi connectivity index (χ0) is 18.0. The summed E-state index contributed by atoms with van der Waals surface area (Å²) in [6.45, 7) is 0.248. The summed E-state index contributed by atoms with van der Waals surface area (Å²) in [6.07, 6.45) is 1.85. The summed E-state index contributed by atoms with van der Waals surface area (Å²) in [5, 5.41) is 1.02. The molecule has 0 radical (unpaired) electrons. The van der Waals surface area contributed by atoms with Gasteiger partial charge in [-0.2, -0.15) is 0 Å². The van der Waals surface area contributed by atoms with Gasteiger partial charge in [-0.15, -0.1) is 0 Å². The quantitative estimate of drug-likeness (QED) is 0.556. The summed E-state index contributed by atoms with van der Waals surface area (Å²) >= 11 is 0. The third kappa shape index (κ3) is 3.27. The maximum atomic E-state index is 12.6. The van der Waals surface area contributed by atoms with Crippen LogP contribution in [-0.4, -0.2) is 13.4 Å². The van der Waals surface area contributed by atoms with Crippen LogP contribution in [0.15, 0.2) is 90.0 Å². The number of hydrogen-bond donors (Lipinski definition) is 2. The van der Waals surface area contributed by atoms with Crippen LogP contribution in [0.25, 0.3) is 22.0 Å². The van der Waals surface area contributed by atoms with E-state index in [4.69, 9.17) is 0 Å². The van der Waals surface area contributed by atoms with Crippen LogP contribution in [0.2, 0.25) is 0 Å². The number of H-pyrrole nitrogens is 1. The fourth-order valence-electron chi connectivity index (χ4n) is 3.02. The van der Waals surface area contributed by atoms with E-state index in [1.54, 1.807) is 12.1 Å². The maximum Gasteiger partial charge on any atom is 0.240 e. The van der Waals surface area contributed by atoms with E-state index in [0.717, 1.165) is 27.6 Å². The van der Waals surface area contributed by atoms with Crippen LogP contribution in [0, 0.1) is 0 Å². The molecular formula is C21H18N2O2S. The van der Waals surface area contributed by atoms with Crippen molar-refractivity contribution in [3.8, 4) is 11.1 Å². The smallest absolute Gasteiger partial charge is 0.240 e. The largest absolute Gasteiger partial charge is 0.361 e. The lowest BCUT2D eigenvalue weighted by Crippen LogP contribution is -2.23. The van der Waals surface area contributed by atoms with Crippen molar-refractivity contribution >= 4 is 20.9 Å². The molecule has 0 saturated heterocycles. The topological polar surface area (TPSA) is 62.0 Å². The maximum absolute atomic E-state index is 12.6. The number of hydrogen-bond acceptors (Lipinski definition) is 2. The zero-order valence-electron chi connectivity index (χ0n) is 14.0. The summed E-state index contributed by atoms with van der Waals surface area (Å²) in [4.78, 5) is 3.40. The molecule has 0 spiro atoms. The lowest BCUT2D eigenvalue weighted by Gasteiger charge is -2.09. The Morgan fingerprint density at radius 1 is 0.769 bits per heavy atom. The Morgan fingerprint density at radius 3 is 2.27 bits per heavy atom. The molecule has 130 valence electrons. The molecule has 4 rings (SSSR count). The van der Waals surface area contributed by atoms with Crippen molar-refractivity contribution < 1.29 is 8.42 Å². The molecule has 0 fully saturated rings. The second-order valence-corrected chi connectivity index (χ2v) is 7.84. The first-order valence-electron chi connectivity index (χ1n) is 8.34. The first-order chi connectivity index (χ1) is 12.6. The van der Waals surface area contributed by atoms with E-state index < -0.39 is 10.0 Å². The molecule has 0 saturated carbocycles. The molecule has 0 unspecified atom stereocenters. The molecule has 4 aromatic rings. The summed E-state index contributed by atoms with van der Waals surface area (Å²) in [6, 6.07) is 24.6. The molecule has 26 heavy (non-hydrogen) atoms. The average molecular weight is 362 g/mol. The minimum Gasteiger partial charge on any atom is -0.361 e. The van der Waals surface area contributed by atoms with Gasteiger partial charge in [0.15, 0.2) is 0 Å². The summed E-state index contributed by atoms with van der Waals surface area (Å²) in [5.41, 5.74) is 3.98. The van der Waals surface area contributed by atoms with Crippen molar-refractivity contribution in [1.82, 2.24) is 9.71 Å². The lowest BCUT2D eigenvalue weighted by atomic mass is 10.1. The van der Waals surface area contributed by atoms with Gasteiger partial charge in [0.05, 0.1) is 4.90 Å². The van der Waals surface area contributed by atoms with Gasteiger partial charge in [0.2, 0.25) is 10.0 Å². The summed E-state index contributed by atoms with van der Waals surface area (Å²) in [5.74, 6) is 0. The number of aromatic amines is 1. The average Bonchev–Trinajstić information content (AvgIpc) is 3.17. The second-order valence-electron chi connectivity index (χ2n) is 6.07. The number of fused-ring (bicyclic) bond motifs is 1. The minimum absolute atomic E-state index is 0.248. The van der Waals surface area contributed by atoms with Crippen molar-refractivity contribution in [2.45, 2.75) is 11.4 Å². The van der Waals surface area contributed by atoms with Crippen LogP contribution in [0.3, 0.4) is 0 Å². The second kappa shape index (κ2) is 6.78. The predicted octanol–water partition coefficient (Wildman–Crippen LogP) is 4.31. The summed E-state index contributed by atoms with van der Waals surface area (Å²) in [7, 11) is -3.57. The molecule has 0 aliphatic rings. The molecule has 0 aliphatic heterocycles. The zero-order valence-corrected chi connectivity index (χ0v) is 14.8. The fourth-order valence-corrected chi connectivity index (χ4v) is 4.02. The monoisotopic (exact) mass is 362 g/mol. The molecule has 2 N–H and O–H groups in total. The van der Waals surface area contributed by atoms with Crippen LogP contribution in [0.4, 0.5) is 0 Å². The van der Waals surface area contributed by atoms with Crippen LogP contribution in [0.5, 0.6) is 0 Å². The third-order valence-electron chi connectivity index (χ3n) is 4.41. The minimum atomic E-state index is -3.57. The van der Waals surface area contributed by atoms with Gasteiger partial charge >= 0.3 is 0 Å². The highest BCUT2D eigenvalue weighted by Crippen LogP contribution is 2.22. The van der Waals surface area contributed by atoms with Crippen molar-refractivity contribution in [2.24, 2.45) is 0 Å². The highest BCUT2D eigenvalue weighted by molar-refractivity contribution is 7.89. The standard InChI is InChI=1S/C21H18N2O2S/c24-26(25,23-15-18-7-4-8-21-20(18)13-14-22-21)19-11-9-17(10-12-19)16-5-2-1-3-6-16/h1-14,22-23H,15H2. The van der Waals surface area contributed by atoms with E-state index in [0.29, 0.717) is 0 Å². The predicted molar refractivity (Wildman–Crippen MR) is 104 cm³/mol. The number of sulfonamides is 1. The fraction of sp³-hybridized carbons (Fsp3) is 0.0476. The SMILES string of the molecule is O=S(=O)(NCc1cccc2[nH]ccc12)c1ccc(-c2ccccc2)cc1. The van der Waals surface area contributed by atoms with E-state index in [1.807, 2.05) is 72.9 Å². The van der Waals surface area contributed by atoms with Crippen LogP contribution < -0.4 is 4.72 Å². The van der Waals surface area contributed by atoms with E-state index in [1.165, 1.54) is 0 Å². The third-order valence-corrected chi connectivity index (χ3v) is 5.83. The highest BCUT2D eigenvalue weighted by Gasteiger charge is 2.14. The van der Waals surface area contributed by atoms with Gasteiger partial charge in [0, 0.05) is 23.6 Å². The Hall–Kier alpha value is -2.89. The van der Waals surface area contributed by atoms with Gasteiger partial charge in [0.1, 0.15) is 0 Å². The molecular weight excluding hydrogens is 344 g/mol. The van der Waals surface area contributed by atoms with E-state index in [-0.39, 0.29) is 11.4 Å². The van der Waals surface area contributed by atoms with Crippen molar-refractivity contribution in [1.29, 1.82) is 0 Å². The number of benzene rings is 3. The number of rotatable bonds is 5. The lowest BCUT2D eigenvalue weighted by molar-refractivity contribution is 0.581. The first-order valence-corrected chi connectivity index (χ1v) is 9.82. The molecule has 0 amide bonds. The van der Waals surface area contributed by atoms with Gasteiger partial charge in [-0.05, 0) is 41.0 Å². The Kier molecular flexibility index (Phi) is 4.32. The van der Waals surface area contributed by atoms with Gasteiger partial charge in [-0.1, -0.05) is 54.6 Å². The number of nitrogens with one attached hydrogen (secondary N) is 2. The number of aromatic nitrogens is 1. The molecule has 5 heteroatoms. The molecule has 0 bridgehead atoms. The first kappa shape index (κ1) is 16.6. The van der Waals surface area contributed by atoms with Crippen molar-refractivity contribution in [2.75, 3.05) is 0 Å². The summed E-state index contributed by atoms with van der Waals surface area (Å²) < 4.78 is 27.9. The van der Waals surface area contributed by atoms with Crippen LogP contribution in [0.1, 0.15) is 5.56 Å². The highest BCUT2D eigenvalue weighted by atomic mass is 32.2.